The van der Waals surface area contributed by atoms with E-state index >= 15 is 0 Å². The molecule has 2 aromatic rings. The van der Waals surface area contributed by atoms with Gasteiger partial charge in [0.15, 0.2) is 0 Å². The molecule has 0 aromatic heterocycles. The van der Waals surface area contributed by atoms with Crippen LogP contribution in [-0.4, -0.2) is 71.8 Å². The average molecular weight is 510 g/mol. The molecule has 2 aliphatic heterocycles. The Hall–Kier alpha value is -3.43. The van der Waals surface area contributed by atoms with Crippen LogP contribution >= 0.6 is 0 Å². The Balaban J connectivity index is 1.18. The Morgan fingerprint density at radius 3 is 2.57 bits per heavy atom. The van der Waals surface area contributed by atoms with E-state index in [9.17, 15) is 14.4 Å². The smallest absolute Gasteiger partial charge is 0.410 e. The van der Waals surface area contributed by atoms with Gasteiger partial charge in [-0.05, 0) is 47.6 Å². The fraction of sp³-hybridized carbons (Fsp3) is 0.464. The molecular weight excluding hydrogens is 474 g/mol. The van der Waals surface area contributed by atoms with Crippen molar-refractivity contribution in [2.75, 3.05) is 38.1 Å². The normalized spacial score (nSPS) is 18.2. The van der Waals surface area contributed by atoms with Crippen LogP contribution in [0.2, 0.25) is 0 Å². The van der Waals surface area contributed by atoms with Crippen LogP contribution in [0.15, 0.2) is 48.5 Å². The Kier molecular flexibility index (Phi) is 9.14. The first-order chi connectivity index (χ1) is 17.9. The molecule has 0 aliphatic carbocycles. The lowest BCUT2D eigenvalue weighted by atomic mass is 9.90. The zero-order chi connectivity index (χ0) is 26.2. The maximum atomic E-state index is 12.5. The van der Waals surface area contributed by atoms with Crippen molar-refractivity contribution in [2.24, 2.45) is 0 Å². The second-order valence-electron chi connectivity index (χ2n) is 9.78. The van der Waals surface area contributed by atoms with Gasteiger partial charge in [0.2, 0.25) is 5.91 Å². The van der Waals surface area contributed by atoms with E-state index in [4.69, 9.17) is 14.6 Å². The Morgan fingerprint density at radius 2 is 1.84 bits per heavy atom. The van der Waals surface area contributed by atoms with Crippen LogP contribution in [0.3, 0.4) is 0 Å². The number of anilines is 1. The molecule has 198 valence electrons. The first-order valence-corrected chi connectivity index (χ1v) is 12.8. The number of carbonyl (C=O) groups excluding carboxylic acids is 2. The van der Waals surface area contributed by atoms with Crippen molar-refractivity contribution in [1.82, 2.24) is 9.80 Å². The van der Waals surface area contributed by atoms with Crippen molar-refractivity contribution < 1.29 is 29.0 Å². The molecule has 2 aromatic carbocycles. The molecule has 0 radical (unpaired) electrons. The molecule has 2 heterocycles. The summed E-state index contributed by atoms with van der Waals surface area (Å²) in [5.74, 6) is -0.725. The number of hydrogen-bond donors (Lipinski definition) is 2. The number of aliphatic carboxylic acids is 1. The molecule has 1 unspecified atom stereocenters. The van der Waals surface area contributed by atoms with Gasteiger partial charge in [-0.3, -0.25) is 14.5 Å². The van der Waals surface area contributed by atoms with E-state index in [0.717, 1.165) is 17.7 Å². The molecule has 0 saturated carbocycles. The number of carboxylic acid groups (broad SMARTS) is 1. The minimum Gasteiger partial charge on any atom is -0.481 e. The van der Waals surface area contributed by atoms with Crippen molar-refractivity contribution in [3.63, 3.8) is 0 Å². The van der Waals surface area contributed by atoms with E-state index in [1.807, 2.05) is 48.5 Å². The summed E-state index contributed by atoms with van der Waals surface area (Å²) in [4.78, 5) is 39.6. The number of benzene rings is 2. The minimum absolute atomic E-state index is 0.0542. The summed E-state index contributed by atoms with van der Waals surface area (Å²) in [5.41, 5.74) is 3.99. The number of piperidine rings is 1. The number of carbonyl (C=O) groups is 3. The predicted molar refractivity (Wildman–Crippen MR) is 138 cm³/mol. The first-order valence-electron chi connectivity index (χ1n) is 12.8. The summed E-state index contributed by atoms with van der Waals surface area (Å²) in [6.07, 6.45) is 0.996. The number of hydrogen-bond acceptors (Lipinski definition) is 6. The average Bonchev–Trinajstić information content (AvgIpc) is 2.90. The molecule has 1 saturated heterocycles. The lowest BCUT2D eigenvalue weighted by molar-refractivity contribution is -0.137. The van der Waals surface area contributed by atoms with Crippen molar-refractivity contribution in [1.29, 1.82) is 0 Å². The van der Waals surface area contributed by atoms with Crippen LogP contribution in [0.4, 0.5) is 10.5 Å². The van der Waals surface area contributed by atoms with Gasteiger partial charge in [-0.1, -0.05) is 43.3 Å². The second-order valence-corrected chi connectivity index (χ2v) is 9.78. The van der Waals surface area contributed by atoms with Crippen LogP contribution in [0.5, 0.6) is 0 Å². The highest BCUT2D eigenvalue weighted by molar-refractivity contribution is 5.91. The number of amides is 2. The van der Waals surface area contributed by atoms with Gasteiger partial charge in [0.25, 0.3) is 0 Å². The molecule has 0 spiro atoms. The third-order valence-corrected chi connectivity index (χ3v) is 6.88. The third-order valence-electron chi connectivity index (χ3n) is 6.88. The predicted octanol–water partition coefficient (Wildman–Crippen LogP) is 3.84. The van der Waals surface area contributed by atoms with Gasteiger partial charge >= 0.3 is 12.1 Å². The largest absolute Gasteiger partial charge is 0.481 e. The number of nitrogens with one attached hydrogen (secondary N) is 1. The van der Waals surface area contributed by atoms with Gasteiger partial charge in [0.1, 0.15) is 13.2 Å². The maximum absolute atomic E-state index is 12.5. The van der Waals surface area contributed by atoms with E-state index in [0.29, 0.717) is 50.6 Å². The van der Waals surface area contributed by atoms with Gasteiger partial charge < -0.3 is 24.8 Å². The second kappa shape index (κ2) is 12.7. The molecule has 9 nitrogen and oxygen atoms in total. The SMILES string of the molecule is CC1CN(CCC(=O)O)Cc2cc(NC(=O)COC3CCN(C(=O)OCc4ccccc4)CC3)ccc21. The highest BCUT2D eigenvalue weighted by Gasteiger charge is 2.25. The fourth-order valence-electron chi connectivity index (χ4n) is 4.92. The summed E-state index contributed by atoms with van der Waals surface area (Å²) in [5, 5.41) is 11.9. The van der Waals surface area contributed by atoms with Crippen LogP contribution in [0, 0.1) is 0 Å². The molecule has 2 aliphatic rings. The summed E-state index contributed by atoms with van der Waals surface area (Å²) in [6.45, 7) is 5.38. The minimum atomic E-state index is -0.798. The number of rotatable bonds is 9. The van der Waals surface area contributed by atoms with E-state index in [-0.39, 0.29) is 37.7 Å². The van der Waals surface area contributed by atoms with Crippen LogP contribution < -0.4 is 5.32 Å². The maximum Gasteiger partial charge on any atom is 0.410 e. The van der Waals surface area contributed by atoms with Gasteiger partial charge in [-0.15, -0.1) is 0 Å². The molecule has 1 fully saturated rings. The Morgan fingerprint density at radius 1 is 1.08 bits per heavy atom. The number of nitrogens with zero attached hydrogens (tertiary/aromatic N) is 2. The van der Waals surface area contributed by atoms with Crippen molar-refractivity contribution in [3.05, 3.63) is 65.2 Å². The van der Waals surface area contributed by atoms with E-state index in [1.54, 1.807) is 4.90 Å². The Bertz CT molecular complexity index is 1080. The Labute approximate surface area is 217 Å². The molecule has 37 heavy (non-hydrogen) atoms. The van der Waals surface area contributed by atoms with Gasteiger partial charge in [0.05, 0.1) is 12.5 Å². The zero-order valence-corrected chi connectivity index (χ0v) is 21.2. The number of carboxylic acids is 1. The van der Waals surface area contributed by atoms with Crippen LogP contribution in [-0.2, 0) is 32.2 Å². The standard InChI is InChI=1S/C28H35N3O6/c1-20-16-30(12-11-27(33)34)17-22-15-23(7-8-25(20)22)29-26(32)19-36-24-9-13-31(14-10-24)28(35)37-18-21-5-3-2-4-6-21/h2-8,15,20,24H,9-14,16-19H2,1H3,(H,29,32)(H,33,34). The quantitative estimate of drug-likeness (QED) is 0.529. The van der Waals surface area contributed by atoms with E-state index < -0.39 is 5.97 Å². The molecule has 4 rings (SSSR count). The molecule has 1 atom stereocenters. The van der Waals surface area contributed by atoms with E-state index in [1.165, 1.54) is 5.56 Å². The van der Waals surface area contributed by atoms with Crippen molar-refractivity contribution in [3.8, 4) is 0 Å². The first kappa shape index (κ1) is 26.6. The highest BCUT2D eigenvalue weighted by Crippen LogP contribution is 2.30. The van der Waals surface area contributed by atoms with Gasteiger partial charge in [-0.25, -0.2) is 4.79 Å². The molecule has 0 bridgehead atoms. The van der Waals surface area contributed by atoms with Gasteiger partial charge in [-0.2, -0.15) is 0 Å². The van der Waals surface area contributed by atoms with Crippen molar-refractivity contribution >= 4 is 23.7 Å². The number of fused-ring (bicyclic) bond motifs is 1. The van der Waals surface area contributed by atoms with Gasteiger partial charge in [0, 0.05) is 38.4 Å². The molecule has 2 amide bonds. The lowest BCUT2D eigenvalue weighted by Crippen LogP contribution is -2.41. The zero-order valence-electron chi connectivity index (χ0n) is 21.2. The van der Waals surface area contributed by atoms with Crippen molar-refractivity contribution in [2.45, 2.75) is 51.4 Å². The molecular formula is C28H35N3O6. The molecule has 2 N–H and O–H groups in total. The molecule has 9 heteroatoms. The fourth-order valence-corrected chi connectivity index (χ4v) is 4.92. The monoisotopic (exact) mass is 509 g/mol. The number of likely N-dealkylation sites (tertiary alicyclic amines) is 1. The van der Waals surface area contributed by atoms with Crippen LogP contribution in [0.1, 0.15) is 48.8 Å². The summed E-state index contributed by atoms with van der Waals surface area (Å²) >= 11 is 0. The highest BCUT2D eigenvalue weighted by atomic mass is 16.6. The lowest BCUT2D eigenvalue weighted by Gasteiger charge is -2.33. The summed E-state index contributed by atoms with van der Waals surface area (Å²) in [6, 6.07) is 15.5. The summed E-state index contributed by atoms with van der Waals surface area (Å²) in [7, 11) is 0. The summed E-state index contributed by atoms with van der Waals surface area (Å²) < 4.78 is 11.2. The van der Waals surface area contributed by atoms with E-state index in [2.05, 4.69) is 17.1 Å². The topological polar surface area (TPSA) is 108 Å². The van der Waals surface area contributed by atoms with Crippen LogP contribution in [0.25, 0.3) is 0 Å². The third kappa shape index (κ3) is 7.77. The number of ether oxygens (including phenoxy) is 2.